The maximum Gasteiger partial charge on any atom is 0.408 e. The van der Waals surface area contributed by atoms with E-state index in [1.165, 1.54) is 0 Å². The molecule has 9 heteroatoms. The average Bonchev–Trinajstić information content (AvgIpc) is 2.82. The molecule has 0 bridgehead atoms. The molecule has 2 N–H and O–H groups in total. The fraction of sp³-hybridized carbons (Fsp3) is 0.414. The average molecular weight is 556 g/mol. The lowest BCUT2D eigenvalue weighted by atomic mass is 9.87. The fourth-order valence-electron chi connectivity index (χ4n) is 4.26. The smallest absolute Gasteiger partial charge is 0.408 e. The van der Waals surface area contributed by atoms with Gasteiger partial charge < -0.3 is 20.3 Å². The van der Waals surface area contributed by atoms with Crippen LogP contribution in [0.5, 0.6) is 0 Å². The Kier molecular flexibility index (Phi) is 9.75. The van der Waals surface area contributed by atoms with Crippen LogP contribution in [0, 0.1) is 19.3 Å². The van der Waals surface area contributed by atoms with E-state index in [2.05, 4.69) is 29.2 Å². The maximum atomic E-state index is 14.1. The summed E-state index contributed by atoms with van der Waals surface area (Å²) < 4.78 is 5.36. The summed E-state index contributed by atoms with van der Waals surface area (Å²) >= 11 is 10.7. The predicted octanol–water partition coefficient (Wildman–Crippen LogP) is 5.51. The lowest BCUT2D eigenvalue weighted by molar-refractivity contribution is -0.145. The molecule has 2 unspecified atom stereocenters. The molecule has 1 fully saturated rings. The Morgan fingerprint density at radius 2 is 1.87 bits per heavy atom. The summed E-state index contributed by atoms with van der Waals surface area (Å²) in [4.78, 5) is 42.2. The first-order chi connectivity index (χ1) is 18.0. The molecule has 2 aromatic rings. The van der Waals surface area contributed by atoms with Crippen LogP contribution in [0.3, 0.4) is 0 Å². The number of nitrogens with zero attached hydrogens (tertiary/aromatic N) is 1. The number of amides is 3. The number of rotatable bonds is 8. The third kappa shape index (κ3) is 7.03. The standard InChI is InChI=1S/C29H34ClN3O4S/c1-6-19-12-7-8-15-21(19)25(26(34)32-24-18(2)11-9-16-22(24)30)33(20-13-10-14-20)27(35)23(17-38)31-28(36)37-29(3,4)5/h1,7-9,11-12,15-16,20,23,25,38H,10,13-14,17H2,2-5H3,(H,31,36)(H,32,34). The van der Waals surface area contributed by atoms with Crippen LogP contribution in [0.2, 0.25) is 5.02 Å². The third-order valence-corrected chi connectivity index (χ3v) is 6.98. The normalized spacial score (nSPS) is 14.9. The second kappa shape index (κ2) is 12.6. The molecule has 1 aliphatic rings. The highest BCUT2D eigenvalue weighted by atomic mass is 35.5. The Bertz CT molecular complexity index is 1210. The number of terminal acetylenes is 1. The largest absolute Gasteiger partial charge is 0.444 e. The van der Waals surface area contributed by atoms with Crippen molar-refractivity contribution in [3.8, 4) is 12.3 Å². The number of hydrogen-bond donors (Lipinski definition) is 3. The molecular formula is C29H34ClN3O4S. The highest BCUT2D eigenvalue weighted by molar-refractivity contribution is 7.80. The van der Waals surface area contributed by atoms with Gasteiger partial charge in [0.25, 0.3) is 5.91 Å². The number of nitrogens with one attached hydrogen (secondary N) is 2. The molecule has 38 heavy (non-hydrogen) atoms. The minimum Gasteiger partial charge on any atom is -0.444 e. The van der Waals surface area contributed by atoms with Crippen molar-refractivity contribution in [3.05, 3.63) is 64.2 Å². The molecule has 3 rings (SSSR count). The van der Waals surface area contributed by atoms with Crippen molar-refractivity contribution in [2.24, 2.45) is 0 Å². The van der Waals surface area contributed by atoms with E-state index < -0.39 is 35.6 Å². The molecule has 0 heterocycles. The molecule has 7 nitrogen and oxygen atoms in total. The highest BCUT2D eigenvalue weighted by Crippen LogP contribution is 2.36. The Morgan fingerprint density at radius 1 is 1.18 bits per heavy atom. The van der Waals surface area contributed by atoms with Gasteiger partial charge in [-0.25, -0.2) is 4.79 Å². The third-order valence-electron chi connectivity index (χ3n) is 6.30. The van der Waals surface area contributed by atoms with Crippen molar-refractivity contribution in [3.63, 3.8) is 0 Å². The lowest BCUT2D eigenvalue weighted by Crippen LogP contribution is -2.57. The van der Waals surface area contributed by atoms with Gasteiger partial charge in [-0.2, -0.15) is 12.6 Å². The summed E-state index contributed by atoms with van der Waals surface area (Å²) in [5.41, 5.74) is 1.48. The van der Waals surface area contributed by atoms with Gasteiger partial charge in [-0.15, -0.1) is 6.42 Å². The summed E-state index contributed by atoms with van der Waals surface area (Å²) in [5.74, 6) is 1.74. The first-order valence-electron chi connectivity index (χ1n) is 12.5. The zero-order valence-corrected chi connectivity index (χ0v) is 23.7. The van der Waals surface area contributed by atoms with Gasteiger partial charge in [0.1, 0.15) is 17.7 Å². The van der Waals surface area contributed by atoms with Gasteiger partial charge in [-0.1, -0.05) is 47.9 Å². The van der Waals surface area contributed by atoms with Crippen LogP contribution in [-0.2, 0) is 14.3 Å². The Hall–Kier alpha value is -3.15. The van der Waals surface area contributed by atoms with Crippen molar-refractivity contribution in [2.45, 2.75) is 70.7 Å². The molecule has 202 valence electrons. The lowest BCUT2D eigenvalue weighted by Gasteiger charge is -2.43. The van der Waals surface area contributed by atoms with E-state index in [1.54, 1.807) is 62.1 Å². The molecule has 3 amide bonds. The van der Waals surface area contributed by atoms with Gasteiger partial charge in [0.2, 0.25) is 5.91 Å². The van der Waals surface area contributed by atoms with E-state index in [0.717, 1.165) is 12.0 Å². The highest BCUT2D eigenvalue weighted by Gasteiger charge is 2.42. The minimum atomic E-state index is -1.07. The Morgan fingerprint density at radius 3 is 2.42 bits per heavy atom. The summed E-state index contributed by atoms with van der Waals surface area (Å²) in [7, 11) is 0. The summed E-state index contributed by atoms with van der Waals surface area (Å²) in [5, 5.41) is 5.94. The topological polar surface area (TPSA) is 87.7 Å². The minimum absolute atomic E-state index is 0.00996. The zero-order valence-electron chi connectivity index (χ0n) is 22.1. The molecule has 0 aliphatic heterocycles. The molecule has 0 spiro atoms. The van der Waals surface area contributed by atoms with Crippen molar-refractivity contribution >= 4 is 47.8 Å². The number of benzene rings is 2. The van der Waals surface area contributed by atoms with Crippen LogP contribution < -0.4 is 10.6 Å². The van der Waals surface area contributed by atoms with Crippen LogP contribution in [0.25, 0.3) is 0 Å². The van der Waals surface area contributed by atoms with Crippen molar-refractivity contribution in [1.82, 2.24) is 10.2 Å². The van der Waals surface area contributed by atoms with Gasteiger partial charge in [0.15, 0.2) is 0 Å². The quantitative estimate of drug-likeness (QED) is 0.296. The van der Waals surface area contributed by atoms with Crippen molar-refractivity contribution in [2.75, 3.05) is 11.1 Å². The van der Waals surface area contributed by atoms with E-state index in [-0.39, 0.29) is 11.8 Å². The van der Waals surface area contributed by atoms with Crippen LogP contribution in [0.15, 0.2) is 42.5 Å². The van der Waals surface area contributed by atoms with E-state index in [1.807, 2.05) is 13.0 Å². The Balaban J connectivity index is 2.06. The van der Waals surface area contributed by atoms with E-state index in [0.29, 0.717) is 34.7 Å². The number of ether oxygens (including phenoxy) is 1. The number of hydrogen-bond acceptors (Lipinski definition) is 5. The monoisotopic (exact) mass is 555 g/mol. The molecule has 2 atom stereocenters. The number of carbonyl (C=O) groups excluding carboxylic acids is 3. The second-order valence-electron chi connectivity index (χ2n) is 10.3. The molecule has 0 saturated heterocycles. The number of carbonyl (C=O) groups is 3. The van der Waals surface area contributed by atoms with Crippen molar-refractivity contribution in [1.29, 1.82) is 0 Å². The zero-order chi connectivity index (χ0) is 28.0. The molecule has 1 saturated carbocycles. The van der Waals surface area contributed by atoms with Crippen molar-refractivity contribution < 1.29 is 19.1 Å². The summed E-state index contributed by atoms with van der Waals surface area (Å²) in [6.07, 6.45) is 7.40. The predicted molar refractivity (Wildman–Crippen MR) is 153 cm³/mol. The van der Waals surface area contributed by atoms with Crippen LogP contribution in [-0.4, -0.2) is 46.2 Å². The number of anilines is 1. The van der Waals surface area contributed by atoms with Crippen LogP contribution >= 0.6 is 24.2 Å². The molecular weight excluding hydrogens is 522 g/mol. The van der Waals surface area contributed by atoms with E-state index >= 15 is 0 Å². The van der Waals surface area contributed by atoms with Crippen LogP contribution in [0.1, 0.15) is 62.8 Å². The fourth-order valence-corrected chi connectivity index (χ4v) is 4.78. The first-order valence-corrected chi connectivity index (χ1v) is 13.5. The summed E-state index contributed by atoms with van der Waals surface area (Å²) in [6, 6.07) is 10.0. The molecule has 0 aromatic heterocycles. The van der Waals surface area contributed by atoms with E-state index in [4.69, 9.17) is 22.8 Å². The molecule has 0 radical (unpaired) electrons. The first kappa shape index (κ1) is 29.4. The van der Waals surface area contributed by atoms with Gasteiger partial charge in [0.05, 0.1) is 10.7 Å². The van der Waals surface area contributed by atoms with Gasteiger partial charge in [-0.3, -0.25) is 9.59 Å². The second-order valence-corrected chi connectivity index (χ2v) is 11.0. The number of thiol groups is 1. The molecule has 2 aromatic carbocycles. The number of para-hydroxylation sites is 1. The molecule has 1 aliphatic carbocycles. The summed E-state index contributed by atoms with van der Waals surface area (Å²) in [6.45, 7) is 7.04. The SMILES string of the molecule is C#Cc1ccccc1C(C(=O)Nc1c(C)cccc1Cl)N(C(=O)C(CS)NC(=O)OC(C)(C)C)C1CCC1. The van der Waals surface area contributed by atoms with Gasteiger partial charge in [-0.05, 0) is 70.2 Å². The van der Waals surface area contributed by atoms with Gasteiger partial charge in [0, 0.05) is 17.4 Å². The number of alkyl carbamates (subject to hydrolysis) is 1. The maximum absolute atomic E-state index is 14.1. The van der Waals surface area contributed by atoms with Gasteiger partial charge >= 0.3 is 6.09 Å². The van der Waals surface area contributed by atoms with Crippen LogP contribution in [0.4, 0.5) is 10.5 Å². The van der Waals surface area contributed by atoms with E-state index in [9.17, 15) is 14.4 Å². The number of aryl methyl sites for hydroxylation is 1. The number of halogens is 1. The Labute approximate surface area is 235 Å².